The first-order chi connectivity index (χ1) is 6.61. The first-order valence-corrected chi connectivity index (χ1v) is 5.13. The van der Waals surface area contributed by atoms with E-state index in [-0.39, 0.29) is 0 Å². The zero-order valence-electron chi connectivity index (χ0n) is 9.40. The van der Waals surface area contributed by atoms with Crippen molar-refractivity contribution in [1.82, 2.24) is 4.48 Å². The maximum Gasteiger partial charge on any atom is 0.133 e. The van der Waals surface area contributed by atoms with Gasteiger partial charge in [0.25, 0.3) is 0 Å². The molecule has 1 unspecified atom stereocenters. The average molecular weight is 190 g/mol. The third-order valence-electron chi connectivity index (χ3n) is 2.99. The van der Waals surface area contributed by atoms with Crippen molar-refractivity contribution in [3.63, 3.8) is 0 Å². The van der Waals surface area contributed by atoms with Crippen LogP contribution in [-0.2, 0) is 0 Å². The SMILES string of the molecule is C=CC[N+](C)(c1ccccc1)C(C)C. The highest BCUT2D eigenvalue weighted by molar-refractivity contribution is 5.42. The molecule has 1 rings (SSSR count). The van der Waals surface area contributed by atoms with Gasteiger partial charge in [0.05, 0.1) is 13.1 Å². The van der Waals surface area contributed by atoms with Crippen LogP contribution < -0.4 is 4.48 Å². The molecule has 0 aliphatic rings. The smallest absolute Gasteiger partial charge is 0.133 e. The molecular weight excluding hydrogens is 170 g/mol. The Morgan fingerprint density at radius 1 is 1.29 bits per heavy atom. The molecule has 1 aromatic rings. The minimum absolute atomic E-state index is 0.565. The van der Waals surface area contributed by atoms with E-state index in [4.69, 9.17) is 0 Å². The van der Waals surface area contributed by atoms with Crippen LogP contribution in [-0.4, -0.2) is 19.6 Å². The molecule has 0 amide bonds. The molecule has 1 nitrogen and oxygen atoms in total. The molecule has 0 saturated carbocycles. The molecule has 0 bridgehead atoms. The van der Waals surface area contributed by atoms with Gasteiger partial charge in [-0.05, 0) is 32.1 Å². The average Bonchev–Trinajstić information content (AvgIpc) is 2.19. The van der Waals surface area contributed by atoms with Gasteiger partial charge in [0, 0.05) is 0 Å². The van der Waals surface area contributed by atoms with E-state index < -0.39 is 0 Å². The quantitative estimate of drug-likeness (QED) is 0.505. The van der Waals surface area contributed by atoms with Crippen molar-refractivity contribution in [2.75, 3.05) is 13.6 Å². The largest absolute Gasteiger partial charge is 0.288 e. The fourth-order valence-electron chi connectivity index (χ4n) is 1.65. The predicted octanol–water partition coefficient (Wildman–Crippen LogP) is 3.22. The van der Waals surface area contributed by atoms with E-state index >= 15 is 0 Å². The number of benzene rings is 1. The van der Waals surface area contributed by atoms with Crippen LogP contribution in [0.1, 0.15) is 13.8 Å². The third kappa shape index (κ3) is 2.05. The first-order valence-electron chi connectivity index (χ1n) is 5.13. The van der Waals surface area contributed by atoms with Crippen LogP contribution in [0.4, 0.5) is 5.69 Å². The second kappa shape index (κ2) is 4.43. The molecule has 0 spiro atoms. The first kappa shape index (κ1) is 11.0. The van der Waals surface area contributed by atoms with Crippen molar-refractivity contribution < 1.29 is 0 Å². The number of quaternary nitrogens is 1. The number of hydrogen-bond donors (Lipinski definition) is 0. The molecule has 1 heteroatoms. The maximum atomic E-state index is 3.84. The Morgan fingerprint density at radius 2 is 1.86 bits per heavy atom. The number of nitrogens with zero attached hydrogens (tertiary/aromatic N) is 1. The summed E-state index contributed by atoms with van der Waals surface area (Å²) in [5, 5.41) is 0. The molecule has 1 atom stereocenters. The van der Waals surface area contributed by atoms with Crippen molar-refractivity contribution in [2.45, 2.75) is 19.9 Å². The van der Waals surface area contributed by atoms with Crippen molar-refractivity contribution in [3.8, 4) is 0 Å². The number of rotatable bonds is 4. The Labute approximate surface area is 87.3 Å². The van der Waals surface area contributed by atoms with Gasteiger partial charge in [-0.2, -0.15) is 0 Å². The lowest BCUT2D eigenvalue weighted by Gasteiger charge is -2.37. The van der Waals surface area contributed by atoms with Gasteiger partial charge in [-0.15, -0.1) is 0 Å². The van der Waals surface area contributed by atoms with Gasteiger partial charge < -0.3 is 0 Å². The topological polar surface area (TPSA) is 0 Å². The lowest BCUT2D eigenvalue weighted by molar-refractivity contribution is 0.299. The zero-order valence-corrected chi connectivity index (χ0v) is 9.40. The summed E-state index contributed by atoms with van der Waals surface area (Å²) in [6.45, 7) is 9.30. The van der Waals surface area contributed by atoms with E-state index in [1.54, 1.807) is 0 Å². The highest BCUT2D eigenvalue weighted by Gasteiger charge is 2.26. The van der Waals surface area contributed by atoms with E-state index in [9.17, 15) is 0 Å². The number of likely N-dealkylation sites (N-methyl/N-ethyl adjacent to an activating group) is 1. The summed E-state index contributed by atoms with van der Waals surface area (Å²) < 4.78 is 0.921. The molecule has 76 valence electrons. The van der Waals surface area contributed by atoms with Gasteiger partial charge in [0.2, 0.25) is 0 Å². The van der Waals surface area contributed by atoms with Crippen molar-refractivity contribution >= 4 is 5.69 Å². The van der Waals surface area contributed by atoms with E-state index in [1.165, 1.54) is 5.69 Å². The van der Waals surface area contributed by atoms with E-state index in [0.717, 1.165) is 11.0 Å². The Kier molecular flexibility index (Phi) is 3.48. The second-order valence-corrected chi connectivity index (χ2v) is 4.17. The van der Waals surface area contributed by atoms with Crippen LogP contribution in [0.5, 0.6) is 0 Å². The standard InChI is InChI=1S/C13H20N/c1-5-11-14(4,12(2)3)13-9-7-6-8-10-13/h5-10,12H,1,11H2,2-4H3/q+1. The summed E-state index contributed by atoms with van der Waals surface area (Å²) in [6.07, 6.45) is 1.99. The molecule has 0 saturated heterocycles. The molecule has 0 aliphatic heterocycles. The minimum Gasteiger partial charge on any atom is -0.288 e. The maximum absolute atomic E-state index is 3.84. The highest BCUT2D eigenvalue weighted by Crippen LogP contribution is 2.23. The Morgan fingerprint density at radius 3 is 2.29 bits per heavy atom. The fourth-order valence-corrected chi connectivity index (χ4v) is 1.65. The minimum atomic E-state index is 0.565. The van der Waals surface area contributed by atoms with Gasteiger partial charge in [0.1, 0.15) is 12.2 Å². The monoisotopic (exact) mass is 190 g/mol. The summed E-state index contributed by atoms with van der Waals surface area (Å²) in [4.78, 5) is 0. The molecule has 0 aromatic heterocycles. The summed E-state index contributed by atoms with van der Waals surface area (Å²) in [6, 6.07) is 11.2. The van der Waals surface area contributed by atoms with Gasteiger partial charge in [-0.3, -0.25) is 4.48 Å². The Bertz CT molecular complexity index is 289. The summed E-state index contributed by atoms with van der Waals surface area (Å²) in [5.74, 6) is 0. The van der Waals surface area contributed by atoms with Crippen LogP contribution in [0.25, 0.3) is 0 Å². The molecular formula is C13H20N+. The van der Waals surface area contributed by atoms with Gasteiger partial charge in [0.15, 0.2) is 0 Å². The van der Waals surface area contributed by atoms with Gasteiger partial charge in [-0.1, -0.05) is 24.8 Å². The summed E-state index contributed by atoms with van der Waals surface area (Å²) in [7, 11) is 2.25. The molecule has 0 heterocycles. The molecule has 14 heavy (non-hydrogen) atoms. The predicted molar refractivity (Wildman–Crippen MR) is 64.4 cm³/mol. The van der Waals surface area contributed by atoms with Crippen LogP contribution in [0.15, 0.2) is 43.0 Å². The normalized spacial score (nSPS) is 15.1. The van der Waals surface area contributed by atoms with Crippen molar-refractivity contribution in [2.24, 2.45) is 0 Å². The zero-order chi connectivity index (χ0) is 10.6. The molecule has 0 N–H and O–H groups in total. The summed E-state index contributed by atoms with van der Waals surface area (Å²) >= 11 is 0. The van der Waals surface area contributed by atoms with Crippen LogP contribution >= 0.6 is 0 Å². The fraction of sp³-hybridized carbons (Fsp3) is 0.385. The lowest BCUT2D eigenvalue weighted by Crippen LogP contribution is -2.50. The third-order valence-corrected chi connectivity index (χ3v) is 2.99. The van der Waals surface area contributed by atoms with E-state index in [0.29, 0.717) is 6.04 Å². The Hall–Kier alpha value is -1.08. The highest BCUT2D eigenvalue weighted by atomic mass is 15.3. The summed E-state index contributed by atoms with van der Waals surface area (Å²) in [5.41, 5.74) is 1.35. The van der Waals surface area contributed by atoms with Crippen molar-refractivity contribution in [3.05, 3.63) is 43.0 Å². The van der Waals surface area contributed by atoms with Gasteiger partial charge >= 0.3 is 0 Å². The number of para-hydroxylation sites is 1. The van der Waals surface area contributed by atoms with Crippen LogP contribution in [0.3, 0.4) is 0 Å². The molecule has 0 radical (unpaired) electrons. The second-order valence-electron chi connectivity index (χ2n) is 4.17. The van der Waals surface area contributed by atoms with E-state index in [1.807, 2.05) is 6.08 Å². The van der Waals surface area contributed by atoms with Crippen LogP contribution in [0.2, 0.25) is 0 Å². The van der Waals surface area contributed by atoms with E-state index in [2.05, 4.69) is 57.8 Å². The molecule has 0 fully saturated rings. The lowest BCUT2D eigenvalue weighted by atomic mass is 10.2. The Balaban J connectivity index is 3.05. The van der Waals surface area contributed by atoms with Crippen molar-refractivity contribution in [1.29, 1.82) is 0 Å². The molecule has 0 aliphatic carbocycles. The number of hydrogen-bond acceptors (Lipinski definition) is 0. The van der Waals surface area contributed by atoms with Gasteiger partial charge in [-0.25, -0.2) is 0 Å². The molecule has 1 aromatic carbocycles. The van der Waals surface area contributed by atoms with Crippen LogP contribution in [0, 0.1) is 0 Å².